The molecule has 1 aromatic carbocycles. The number of benzene rings is 1. The Balaban J connectivity index is 2.37. The van der Waals surface area contributed by atoms with Crippen molar-refractivity contribution in [3.63, 3.8) is 0 Å². The van der Waals surface area contributed by atoms with Crippen LogP contribution in [-0.4, -0.2) is 33.0 Å². The molecule has 0 aliphatic carbocycles. The van der Waals surface area contributed by atoms with E-state index < -0.39 is 29.5 Å². The highest BCUT2D eigenvalue weighted by atomic mass is 19.1. The fraction of sp³-hybridized carbons (Fsp3) is 0.214. The third-order valence-corrected chi connectivity index (χ3v) is 3.10. The van der Waals surface area contributed by atoms with Gasteiger partial charge in [0.2, 0.25) is 11.9 Å². The molecule has 11 heteroatoms. The van der Waals surface area contributed by atoms with Crippen LogP contribution in [0.25, 0.3) is 0 Å². The molecule has 2 rings (SSSR count). The van der Waals surface area contributed by atoms with Crippen LogP contribution in [0.4, 0.5) is 26.2 Å². The summed E-state index contributed by atoms with van der Waals surface area (Å²) in [6.07, 6.45) is 0.355. The van der Waals surface area contributed by atoms with Crippen molar-refractivity contribution in [1.29, 1.82) is 0 Å². The lowest BCUT2D eigenvalue weighted by molar-refractivity contribution is -0.118. The molecule has 1 aromatic heterocycles. The number of nitrogens with two attached hydrogens (primary N) is 2. The number of halogens is 2. The second kappa shape index (κ2) is 7.47. The quantitative estimate of drug-likeness (QED) is 0.572. The van der Waals surface area contributed by atoms with E-state index in [9.17, 15) is 18.4 Å². The SMILES string of the molecule is CC[C@@H](Nc1nnc(C(N)=O)c(Nc2cc(F)cc(F)c2)n1)C(N)=O. The number of carbonyl (C=O) groups excluding carboxylic acids is 2. The minimum Gasteiger partial charge on any atom is -0.368 e. The van der Waals surface area contributed by atoms with Crippen molar-refractivity contribution in [3.05, 3.63) is 35.5 Å². The molecule has 0 aliphatic rings. The van der Waals surface area contributed by atoms with Crippen molar-refractivity contribution in [3.8, 4) is 0 Å². The van der Waals surface area contributed by atoms with E-state index in [-0.39, 0.29) is 23.1 Å². The maximum Gasteiger partial charge on any atom is 0.273 e. The first kappa shape index (κ1) is 18.0. The normalized spacial score (nSPS) is 11.6. The van der Waals surface area contributed by atoms with Crippen LogP contribution >= 0.6 is 0 Å². The number of anilines is 3. The molecule has 0 aliphatic heterocycles. The lowest BCUT2D eigenvalue weighted by Crippen LogP contribution is -2.35. The van der Waals surface area contributed by atoms with Gasteiger partial charge in [0.05, 0.1) is 0 Å². The molecule has 132 valence electrons. The van der Waals surface area contributed by atoms with Gasteiger partial charge in [0.25, 0.3) is 5.91 Å². The molecule has 0 saturated heterocycles. The number of primary amides is 2. The second-order valence-corrected chi connectivity index (χ2v) is 4.99. The topological polar surface area (TPSA) is 149 Å². The highest BCUT2D eigenvalue weighted by Crippen LogP contribution is 2.20. The van der Waals surface area contributed by atoms with Crippen LogP contribution in [-0.2, 0) is 4.79 Å². The van der Waals surface area contributed by atoms with E-state index in [1.165, 1.54) is 0 Å². The summed E-state index contributed by atoms with van der Waals surface area (Å²) < 4.78 is 26.6. The number of amides is 2. The number of nitrogens with one attached hydrogen (secondary N) is 2. The molecular weight excluding hydrogens is 336 g/mol. The van der Waals surface area contributed by atoms with Gasteiger partial charge in [-0.1, -0.05) is 6.92 Å². The van der Waals surface area contributed by atoms with Gasteiger partial charge in [0.1, 0.15) is 17.7 Å². The fourth-order valence-electron chi connectivity index (χ4n) is 1.93. The van der Waals surface area contributed by atoms with E-state index in [1.54, 1.807) is 6.92 Å². The van der Waals surface area contributed by atoms with Crippen molar-refractivity contribution in [1.82, 2.24) is 15.2 Å². The van der Waals surface area contributed by atoms with Crippen LogP contribution in [0.1, 0.15) is 23.8 Å². The second-order valence-electron chi connectivity index (χ2n) is 4.99. The Morgan fingerprint density at radius 3 is 2.32 bits per heavy atom. The maximum absolute atomic E-state index is 13.3. The Hall–Kier alpha value is -3.37. The van der Waals surface area contributed by atoms with Gasteiger partial charge in [-0.3, -0.25) is 9.59 Å². The summed E-state index contributed by atoms with van der Waals surface area (Å²) in [6.45, 7) is 1.71. The molecule has 0 saturated carbocycles. The summed E-state index contributed by atoms with van der Waals surface area (Å²) in [5, 5.41) is 12.4. The van der Waals surface area contributed by atoms with E-state index in [0.717, 1.165) is 12.1 Å². The zero-order valence-corrected chi connectivity index (χ0v) is 13.1. The average Bonchev–Trinajstić information content (AvgIpc) is 2.51. The number of rotatable bonds is 7. The van der Waals surface area contributed by atoms with E-state index >= 15 is 0 Å². The first-order valence-corrected chi connectivity index (χ1v) is 7.13. The van der Waals surface area contributed by atoms with Gasteiger partial charge in [-0.05, 0) is 18.6 Å². The van der Waals surface area contributed by atoms with Crippen molar-refractivity contribution in [2.75, 3.05) is 10.6 Å². The Morgan fingerprint density at radius 1 is 1.16 bits per heavy atom. The summed E-state index contributed by atoms with van der Waals surface area (Å²) in [5.41, 5.74) is 10.0. The van der Waals surface area contributed by atoms with Crippen LogP contribution in [0.15, 0.2) is 18.2 Å². The number of hydrogen-bond acceptors (Lipinski definition) is 7. The molecule has 0 unspecified atom stereocenters. The first-order chi connectivity index (χ1) is 11.8. The third kappa shape index (κ3) is 4.56. The summed E-state index contributed by atoms with van der Waals surface area (Å²) >= 11 is 0. The van der Waals surface area contributed by atoms with E-state index in [2.05, 4.69) is 25.8 Å². The zero-order chi connectivity index (χ0) is 18.6. The Bertz CT molecular complexity index is 796. The molecule has 0 radical (unpaired) electrons. The Kier molecular flexibility index (Phi) is 5.37. The van der Waals surface area contributed by atoms with Crippen LogP contribution in [0, 0.1) is 11.6 Å². The lowest BCUT2D eigenvalue weighted by atomic mass is 10.2. The Labute approximate surface area is 140 Å². The molecule has 0 spiro atoms. The number of carbonyl (C=O) groups is 2. The van der Waals surface area contributed by atoms with E-state index in [4.69, 9.17) is 11.5 Å². The van der Waals surface area contributed by atoms with Gasteiger partial charge in [0, 0.05) is 11.8 Å². The van der Waals surface area contributed by atoms with Crippen molar-refractivity contribution in [2.45, 2.75) is 19.4 Å². The highest BCUT2D eigenvalue weighted by Gasteiger charge is 2.18. The van der Waals surface area contributed by atoms with Gasteiger partial charge in [0.15, 0.2) is 11.5 Å². The molecule has 25 heavy (non-hydrogen) atoms. The lowest BCUT2D eigenvalue weighted by Gasteiger charge is -2.14. The van der Waals surface area contributed by atoms with Gasteiger partial charge in [-0.2, -0.15) is 4.98 Å². The van der Waals surface area contributed by atoms with Crippen LogP contribution in [0.3, 0.4) is 0 Å². The molecule has 9 nitrogen and oxygen atoms in total. The monoisotopic (exact) mass is 351 g/mol. The fourth-order valence-corrected chi connectivity index (χ4v) is 1.93. The predicted molar refractivity (Wildman–Crippen MR) is 84.9 cm³/mol. The predicted octanol–water partition coefficient (Wildman–Crippen LogP) is 0.668. The zero-order valence-electron chi connectivity index (χ0n) is 13.1. The van der Waals surface area contributed by atoms with Crippen molar-refractivity contribution >= 4 is 29.3 Å². The summed E-state index contributed by atoms with van der Waals surface area (Å²) in [4.78, 5) is 26.7. The number of aromatic nitrogens is 3. The van der Waals surface area contributed by atoms with Gasteiger partial charge >= 0.3 is 0 Å². The molecule has 2 aromatic rings. The first-order valence-electron chi connectivity index (χ1n) is 7.13. The summed E-state index contributed by atoms with van der Waals surface area (Å²) in [5.74, 6) is -3.55. The number of nitrogens with zero attached hydrogens (tertiary/aromatic N) is 3. The molecule has 1 atom stereocenters. The molecule has 6 N–H and O–H groups in total. The third-order valence-electron chi connectivity index (χ3n) is 3.10. The van der Waals surface area contributed by atoms with Gasteiger partial charge < -0.3 is 22.1 Å². The van der Waals surface area contributed by atoms with Crippen molar-refractivity contribution in [2.24, 2.45) is 11.5 Å². The highest BCUT2D eigenvalue weighted by molar-refractivity contribution is 5.96. The summed E-state index contributed by atoms with van der Waals surface area (Å²) in [7, 11) is 0. The van der Waals surface area contributed by atoms with Crippen LogP contribution < -0.4 is 22.1 Å². The minimum atomic E-state index is -0.951. The van der Waals surface area contributed by atoms with Crippen LogP contribution in [0.5, 0.6) is 0 Å². The molecule has 0 bridgehead atoms. The minimum absolute atomic E-state index is 0.0200. The molecule has 2 amide bonds. The smallest absolute Gasteiger partial charge is 0.273 e. The largest absolute Gasteiger partial charge is 0.368 e. The molecular formula is C14H15F2N7O2. The molecule has 0 fully saturated rings. The van der Waals surface area contributed by atoms with E-state index in [0.29, 0.717) is 12.5 Å². The number of hydrogen-bond donors (Lipinski definition) is 4. The van der Waals surface area contributed by atoms with Gasteiger partial charge in [-0.25, -0.2) is 8.78 Å². The van der Waals surface area contributed by atoms with Crippen LogP contribution in [0.2, 0.25) is 0 Å². The maximum atomic E-state index is 13.3. The standard InChI is InChI=1S/C14H15F2N7O2/c1-2-9(11(17)24)20-14-21-13(10(12(18)25)22-23-14)19-8-4-6(15)3-7(16)5-8/h3-5,9H,2H2,1H3,(H2,17,24)(H2,18,25)(H2,19,20,21,23)/t9-/m1/s1. The summed E-state index contributed by atoms with van der Waals surface area (Å²) in [6, 6.07) is 1.90. The Morgan fingerprint density at radius 2 is 1.80 bits per heavy atom. The van der Waals surface area contributed by atoms with Gasteiger partial charge in [-0.15, -0.1) is 10.2 Å². The molecule has 1 heterocycles. The van der Waals surface area contributed by atoms with E-state index in [1.807, 2.05) is 0 Å². The average molecular weight is 351 g/mol. The van der Waals surface area contributed by atoms with Crippen molar-refractivity contribution < 1.29 is 18.4 Å².